The van der Waals surface area contributed by atoms with Crippen LogP contribution in [0.5, 0.6) is 0 Å². The van der Waals surface area contributed by atoms with Crippen molar-refractivity contribution in [2.24, 2.45) is 0 Å². The SMILES string of the molecule is FC(F)CNCCn1cncn1. The Labute approximate surface area is 68.6 Å². The van der Waals surface area contributed by atoms with Gasteiger partial charge in [-0.05, 0) is 0 Å². The van der Waals surface area contributed by atoms with Crippen molar-refractivity contribution in [3.8, 4) is 0 Å². The zero-order valence-electron chi connectivity index (χ0n) is 6.45. The molecule has 0 amide bonds. The second kappa shape index (κ2) is 4.76. The summed E-state index contributed by atoms with van der Waals surface area (Å²) in [4.78, 5) is 3.71. The van der Waals surface area contributed by atoms with Gasteiger partial charge in [-0.25, -0.2) is 13.8 Å². The van der Waals surface area contributed by atoms with E-state index in [9.17, 15) is 8.78 Å². The minimum Gasteiger partial charge on any atom is -0.310 e. The molecule has 1 aromatic heterocycles. The summed E-state index contributed by atoms with van der Waals surface area (Å²) in [7, 11) is 0. The van der Waals surface area contributed by atoms with E-state index in [-0.39, 0.29) is 6.54 Å². The largest absolute Gasteiger partial charge is 0.310 e. The van der Waals surface area contributed by atoms with Crippen LogP contribution < -0.4 is 5.32 Å². The molecule has 0 fully saturated rings. The van der Waals surface area contributed by atoms with Gasteiger partial charge in [0.15, 0.2) is 0 Å². The number of hydrogen-bond acceptors (Lipinski definition) is 3. The van der Waals surface area contributed by atoms with Crippen LogP contribution in [0.15, 0.2) is 12.7 Å². The predicted octanol–water partition coefficient (Wildman–Crippen LogP) is 0.133. The summed E-state index contributed by atoms with van der Waals surface area (Å²) in [5, 5.41) is 6.40. The van der Waals surface area contributed by atoms with Crippen molar-refractivity contribution in [1.82, 2.24) is 20.1 Å². The first-order valence-electron chi connectivity index (χ1n) is 3.60. The third kappa shape index (κ3) is 3.38. The molecule has 6 heteroatoms. The normalized spacial score (nSPS) is 10.9. The summed E-state index contributed by atoms with van der Waals surface area (Å²) in [6, 6.07) is 0. The fourth-order valence-electron chi connectivity index (χ4n) is 0.753. The Balaban J connectivity index is 2.04. The highest BCUT2D eigenvalue weighted by atomic mass is 19.3. The van der Waals surface area contributed by atoms with Gasteiger partial charge in [0.05, 0.1) is 13.1 Å². The van der Waals surface area contributed by atoms with Crippen LogP contribution in [0, 0.1) is 0 Å². The molecule has 0 aromatic carbocycles. The number of alkyl halides is 2. The lowest BCUT2D eigenvalue weighted by Crippen LogP contribution is -2.25. The lowest BCUT2D eigenvalue weighted by atomic mass is 10.6. The Hall–Kier alpha value is -1.04. The highest BCUT2D eigenvalue weighted by Crippen LogP contribution is 1.87. The second-order valence-corrected chi connectivity index (χ2v) is 2.25. The van der Waals surface area contributed by atoms with E-state index in [4.69, 9.17) is 0 Å². The smallest absolute Gasteiger partial charge is 0.250 e. The van der Waals surface area contributed by atoms with Crippen molar-refractivity contribution < 1.29 is 8.78 Å². The van der Waals surface area contributed by atoms with E-state index in [1.54, 1.807) is 11.0 Å². The number of hydrogen-bond donors (Lipinski definition) is 1. The van der Waals surface area contributed by atoms with Crippen molar-refractivity contribution in [2.75, 3.05) is 13.1 Å². The topological polar surface area (TPSA) is 42.7 Å². The minimum absolute atomic E-state index is 0.269. The molecule has 1 rings (SSSR count). The average molecular weight is 176 g/mol. The Bertz CT molecular complexity index is 199. The van der Waals surface area contributed by atoms with Gasteiger partial charge in [-0.15, -0.1) is 0 Å². The van der Waals surface area contributed by atoms with E-state index < -0.39 is 6.43 Å². The number of halogens is 2. The third-order valence-corrected chi connectivity index (χ3v) is 1.28. The monoisotopic (exact) mass is 176 g/mol. The summed E-state index contributed by atoms with van der Waals surface area (Å²) in [6.07, 6.45) is 0.665. The maximum atomic E-state index is 11.6. The molecular weight excluding hydrogens is 166 g/mol. The molecule has 0 unspecified atom stereocenters. The van der Waals surface area contributed by atoms with Crippen molar-refractivity contribution in [1.29, 1.82) is 0 Å². The van der Waals surface area contributed by atoms with Gasteiger partial charge in [-0.3, -0.25) is 4.68 Å². The van der Waals surface area contributed by atoms with E-state index in [2.05, 4.69) is 15.4 Å². The highest BCUT2D eigenvalue weighted by molar-refractivity contribution is 4.57. The van der Waals surface area contributed by atoms with Crippen molar-refractivity contribution >= 4 is 0 Å². The van der Waals surface area contributed by atoms with E-state index >= 15 is 0 Å². The molecule has 0 aliphatic rings. The van der Waals surface area contributed by atoms with E-state index in [0.29, 0.717) is 13.1 Å². The fourth-order valence-corrected chi connectivity index (χ4v) is 0.753. The van der Waals surface area contributed by atoms with Gasteiger partial charge in [0, 0.05) is 6.54 Å². The first-order chi connectivity index (χ1) is 5.79. The first-order valence-corrected chi connectivity index (χ1v) is 3.60. The molecule has 68 valence electrons. The summed E-state index contributed by atoms with van der Waals surface area (Å²) in [5.74, 6) is 0. The van der Waals surface area contributed by atoms with Crippen LogP contribution >= 0.6 is 0 Å². The molecule has 0 radical (unpaired) electrons. The van der Waals surface area contributed by atoms with Gasteiger partial charge >= 0.3 is 0 Å². The second-order valence-electron chi connectivity index (χ2n) is 2.25. The minimum atomic E-state index is -2.29. The van der Waals surface area contributed by atoms with Crippen molar-refractivity contribution in [2.45, 2.75) is 13.0 Å². The molecule has 0 spiro atoms. The fraction of sp³-hybridized carbons (Fsp3) is 0.667. The van der Waals surface area contributed by atoms with E-state index in [0.717, 1.165) is 0 Å². The molecule has 0 aliphatic heterocycles. The molecule has 1 aromatic rings. The summed E-state index contributed by atoms with van der Waals surface area (Å²) in [6.45, 7) is 0.773. The van der Waals surface area contributed by atoms with Gasteiger partial charge in [0.25, 0.3) is 6.43 Å². The highest BCUT2D eigenvalue weighted by Gasteiger charge is 1.99. The van der Waals surface area contributed by atoms with Gasteiger partial charge in [0.1, 0.15) is 12.7 Å². The Morgan fingerprint density at radius 3 is 2.92 bits per heavy atom. The van der Waals surface area contributed by atoms with Crippen LogP contribution in [-0.4, -0.2) is 34.3 Å². The zero-order valence-corrected chi connectivity index (χ0v) is 6.45. The number of aromatic nitrogens is 3. The molecule has 1 heterocycles. The zero-order chi connectivity index (χ0) is 8.81. The third-order valence-electron chi connectivity index (χ3n) is 1.28. The molecule has 0 atom stereocenters. The standard InChI is InChI=1S/C6H10F2N4/c7-6(8)3-9-1-2-12-5-10-4-11-12/h4-6,9H,1-3H2. The molecule has 4 nitrogen and oxygen atoms in total. The Kier molecular flexibility index (Phi) is 3.59. The van der Waals surface area contributed by atoms with Crippen LogP contribution in [0.2, 0.25) is 0 Å². The molecule has 0 aliphatic carbocycles. The maximum absolute atomic E-state index is 11.6. The van der Waals surface area contributed by atoms with Crippen molar-refractivity contribution in [3.63, 3.8) is 0 Å². The average Bonchev–Trinajstić information content (AvgIpc) is 2.49. The molecule has 1 N–H and O–H groups in total. The number of nitrogens with one attached hydrogen (secondary N) is 1. The van der Waals surface area contributed by atoms with Gasteiger partial charge < -0.3 is 5.32 Å². The molecule has 0 bridgehead atoms. The van der Waals surface area contributed by atoms with Crippen LogP contribution in [-0.2, 0) is 6.54 Å². The molecular formula is C6H10F2N4. The maximum Gasteiger partial charge on any atom is 0.250 e. The number of rotatable bonds is 5. The first kappa shape index (κ1) is 9.05. The molecule has 0 saturated carbocycles. The molecule has 12 heavy (non-hydrogen) atoms. The summed E-state index contributed by atoms with van der Waals surface area (Å²) in [5.41, 5.74) is 0. The lowest BCUT2D eigenvalue weighted by Gasteiger charge is -2.02. The predicted molar refractivity (Wildman–Crippen MR) is 38.9 cm³/mol. The Morgan fingerprint density at radius 2 is 2.33 bits per heavy atom. The van der Waals surface area contributed by atoms with Crippen LogP contribution in [0.3, 0.4) is 0 Å². The summed E-state index contributed by atoms with van der Waals surface area (Å²) < 4.78 is 24.8. The van der Waals surface area contributed by atoms with Gasteiger partial charge in [-0.2, -0.15) is 5.10 Å². The van der Waals surface area contributed by atoms with Gasteiger partial charge in [-0.1, -0.05) is 0 Å². The van der Waals surface area contributed by atoms with Crippen LogP contribution in [0.4, 0.5) is 8.78 Å². The quantitative estimate of drug-likeness (QED) is 0.648. The summed E-state index contributed by atoms with van der Waals surface area (Å²) >= 11 is 0. The molecule has 0 saturated heterocycles. The number of nitrogens with zero attached hydrogens (tertiary/aromatic N) is 3. The van der Waals surface area contributed by atoms with Gasteiger partial charge in [0.2, 0.25) is 0 Å². The van der Waals surface area contributed by atoms with Crippen molar-refractivity contribution in [3.05, 3.63) is 12.7 Å². The van der Waals surface area contributed by atoms with E-state index in [1.807, 2.05) is 0 Å². The van der Waals surface area contributed by atoms with Crippen LogP contribution in [0.25, 0.3) is 0 Å². The lowest BCUT2D eigenvalue weighted by molar-refractivity contribution is 0.145. The van der Waals surface area contributed by atoms with Crippen LogP contribution in [0.1, 0.15) is 0 Å². The Morgan fingerprint density at radius 1 is 1.50 bits per heavy atom. The van der Waals surface area contributed by atoms with E-state index in [1.165, 1.54) is 6.33 Å².